The number of aromatic nitrogens is 1. The second kappa shape index (κ2) is 7.29. The smallest absolute Gasteiger partial charge is 0.307 e. The number of aromatic amines is 1. The van der Waals surface area contributed by atoms with E-state index < -0.39 is 5.97 Å². The first-order valence-corrected chi connectivity index (χ1v) is 8.60. The zero-order valence-electron chi connectivity index (χ0n) is 14.6. The Morgan fingerprint density at radius 2 is 1.77 bits per heavy atom. The molecule has 0 aliphatic heterocycles. The van der Waals surface area contributed by atoms with Crippen molar-refractivity contribution in [1.82, 2.24) is 4.98 Å². The van der Waals surface area contributed by atoms with Gasteiger partial charge in [0.25, 0.3) is 0 Å². The van der Waals surface area contributed by atoms with E-state index in [4.69, 9.17) is 14.2 Å². The quantitative estimate of drug-likeness (QED) is 0.623. The molecule has 2 N–H and O–H groups in total. The van der Waals surface area contributed by atoms with Crippen molar-refractivity contribution in [1.29, 1.82) is 0 Å². The first kappa shape index (κ1) is 18.1. The molecule has 0 radical (unpaired) electrons. The lowest BCUT2D eigenvalue weighted by molar-refractivity contribution is -0.136. The molecule has 136 valence electrons. The number of benzene rings is 2. The van der Waals surface area contributed by atoms with Crippen molar-refractivity contribution in [2.45, 2.75) is 6.42 Å². The molecule has 0 aliphatic carbocycles. The molecular weight excluding hydrogens is 402 g/mol. The molecule has 0 amide bonds. The summed E-state index contributed by atoms with van der Waals surface area (Å²) in [4.78, 5) is 14.8. The van der Waals surface area contributed by atoms with Crippen LogP contribution in [0.3, 0.4) is 0 Å². The summed E-state index contributed by atoms with van der Waals surface area (Å²) < 4.78 is 16.7. The molecule has 0 aliphatic rings. The van der Waals surface area contributed by atoms with Crippen molar-refractivity contribution in [3.63, 3.8) is 0 Å². The maximum atomic E-state index is 11.5. The topological polar surface area (TPSA) is 80.8 Å². The third kappa shape index (κ3) is 3.22. The molecule has 0 bridgehead atoms. The molecule has 3 rings (SSSR count). The van der Waals surface area contributed by atoms with Gasteiger partial charge < -0.3 is 24.3 Å². The summed E-state index contributed by atoms with van der Waals surface area (Å²) in [7, 11) is 4.70. The number of nitrogens with one attached hydrogen (secondary N) is 1. The number of aliphatic carboxylic acids is 1. The SMILES string of the molecule is COc1ccc2[nH]c(-c3cc(OC)c(OC)cc3Br)c(CC(=O)O)c2c1. The lowest BCUT2D eigenvalue weighted by Gasteiger charge is -2.12. The van der Waals surface area contributed by atoms with Crippen molar-refractivity contribution >= 4 is 32.8 Å². The van der Waals surface area contributed by atoms with E-state index in [9.17, 15) is 9.90 Å². The first-order chi connectivity index (χ1) is 12.5. The standard InChI is InChI=1S/C19H18BrNO5/c1-24-10-4-5-15-11(6-10)12(8-18(22)23)19(21-15)13-7-16(25-2)17(26-3)9-14(13)20/h4-7,9,21H,8H2,1-3H3,(H,22,23). The van der Waals surface area contributed by atoms with Gasteiger partial charge in [-0.15, -0.1) is 0 Å². The van der Waals surface area contributed by atoms with Crippen LogP contribution in [0.15, 0.2) is 34.8 Å². The summed E-state index contributed by atoms with van der Waals surface area (Å²) in [5, 5.41) is 10.2. The van der Waals surface area contributed by atoms with Crippen LogP contribution in [0, 0.1) is 0 Å². The number of carboxylic acid groups (broad SMARTS) is 1. The number of carboxylic acids is 1. The summed E-state index contributed by atoms with van der Waals surface area (Å²) in [5.74, 6) is 0.900. The van der Waals surface area contributed by atoms with E-state index in [0.29, 0.717) is 28.5 Å². The summed E-state index contributed by atoms with van der Waals surface area (Å²) in [6.45, 7) is 0. The number of carbonyl (C=O) groups is 1. The molecule has 0 spiro atoms. The maximum absolute atomic E-state index is 11.5. The summed E-state index contributed by atoms with van der Waals surface area (Å²) in [6, 6.07) is 9.15. The van der Waals surface area contributed by atoms with Gasteiger partial charge in [-0.3, -0.25) is 4.79 Å². The van der Waals surface area contributed by atoms with Gasteiger partial charge in [-0.05, 0) is 51.8 Å². The average Bonchev–Trinajstić information content (AvgIpc) is 2.98. The van der Waals surface area contributed by atoms with Crippen molar-refractivity contribution in [3.8, 4) is 28.5 Å². The number of ether oxygens (including phenoxy) is 3. The molecule has 0 fully saturated rings. The van der Waals surface area contributed by atoms with Crippen LogP contribution >= 0.6 is 15.9 Å². The number of H-pyrrole nitrogens is 1. The monoisotopic (exact) mass is 419 g/mol. The van der Waals surface area contributed by atoms with Crippen LogP contribution < -0.4 is 14.2 Å². The van der Waals surface area contributed by atoms with E-state index in [2.05, 4.69) is 20.9 Å². The highest BCUT2D eigenvalue weighted by atomic mass is 79.9. The van der Waals surface area contributed by atoms with Gasteiger partial charge in [0, 0.05) is 20.9 Å². The van der Waals surface area contributed by atoms with Crippen LogP contribution in [-0.4, -0.2) is 37.4 Å². The molecule has 26 heavy (non-hydrogen) atoms. The van der Waals surface area contributed by atoms with Gasteiger partial charge >= 0.3 is 5.97 Å². The zero-order chi connectivity index (χ0) is 18.8. The second-order valence-corrected chi connectivity index (χ2v) is 6.50. The average molecular weight is 420 g/mol. The van der Waals surface area contributed by atoms with Gasteiger partial charge in [0.15, 0.2) is 11.5 Å². The molecular formula is C19H18BrNO5. The molecule has 0 saturated heterocycles. The second-order valence-electron chi connectivity index (χ2n) is 5.65. The molecule has 2 aromatic carbocycles. The van der Waals surface area contributed by atoms with Gasteiger partial charge in [0.1, 0.15) is 5.75 Å². The fourth-order valence-electron chi connectivity index (χ4n) is 2.96. The third-order valence-electron chi connectivity index (χ3n) is 4.18. The summed E-state index contributed by atoms with van der Waals surface area (Å²) >= 11 is 3.55. The number of halogens is 1. The highest BCUT2D eigenvalue weighted by molar-refractivity contribution is 9.10. The Balaban J connectivity index is 2.29. The molecule has 0 unspecified atom stereocenters. The molecule has 6 nitrogen and oxygen atoms in total. The summed E-state index contributed by atoms with van der Waals surface area (Å²) in [5.41, 5.74) is 3.01. The van der Waals surface area contributed by atoms with Crippen molar-refractivity contribution in [3.05, 3.63) is 40.4 Å². The number of fused-ring (bicyclic) bond motifs is 1. The van der Waals surface area contributed by atoms with Gasteiger partial charge in [-0.25, -0.2) is 0 Å². The highest BCUT2D eigenvalue weighted by Gasteiger charge is 2.20. The number of hydrogen-bond donors (Lipinski definition) is 2. The van der Waals surface area contributed by atoms with Crippen molar-refractivity contribution in [2.75, 3.05) is 21.3 Å². The Morgan fingerprint density at radius 1 is 1.08 bits per heavy atom. The van der Waals surface area contributed by atoms with E-state index >= 15 is 0 Å². The molecule has 1 aromatic heterocycles. The minimum absolute atomic E-state index is 0.122. The predicted octanol–water partition coefficient (Wildman–Crippen LogP) is 4.25. The fourth-order valence-corrected chi connectivity index (χ4v) is 3.48. The van der Waals surface area contributed by atoms with Crippen molar-refractivity contribution < 1.29 is 24.1 Å². The Hall–Kier alpha value is -2.67. The molecule has 0 atom stereocenters. The van der Waals surface area contributed by atoms with Crippen LogP contribution in [0.25, 0.3) is 22.2 Å². The van der Waals surface area contributed by atoms with Crippen LogP contribution in [0.4, 0.5) is 0 Å². The Labute approximate surface area is 158 Å². The highest BCUT2D eigenvalue weighted by Crippen LogP contribution is 2.41. The minimum Gasteiger partial charge on any atom is -0.497 e. The normalized spacial score (nSPS) is 10.8. The van der Waals surface area contributed by atoms with Gasteiger partial charge in [0.05, 0.1) is 33.4 Å². The summed E-state index contributed by atoms with van der Waals surface area (Å²) in [6.07, 6.45) is -0.122. The van der Waals surface area contributed by atoms with E-state index in [-0.39, 0.29) is 6.42 Å². The van der Waals surface area contributed by atoms with Gasteiger partial charge in [-0.2, -0.15) is 0 Å². The van der Waals surface area contributed by atoms with Gasteiger partial charge in [-0.1, -0.05) is 0 Å². The fraction of sp³-hybridized carbons (Fsp3) is 0.211. The largest absolute Gasteiger partial charge is 0.497 e. The Bertz CT molecular complexity index is 980. The lowest BCUT2D eigenvalue weighted by Crippen LogP contribution is -2.01. The predicted molar refractivity (Wildman–Crippen MR) is 102 cm³/mol. The Kier molecular flexibility index (Phi) is 5.08. The van der Waals surface area contributed by atoms with E-state index in [1.54, 1.807) is 27.4 Å². The van der Waals surface area contributed by atoms with Crippen molar-refractivity contribution in [2.24, 2.45) is 0 Å². The van der Waals surface area contributed by atoms with E-state index in [0.717, 1.165) is 20.9 Å². The van der Waals surface area contributed by atoms with Crippen LogP contribution in [0.5, 0.6) is 17.2 Å². The molecule has 1 heterocycles. The van der Waals surface area contributed by atoms with E-state index in [1.165, 1.54) is 0 Å². The van der Waals surface area contributed by atoms with Crippen LogP contribution in [-0.2, 0) is 11.2 Å². The van der Waals surface area contributed by atoms with Crippen LogP contribution in [0.2, 0.25) is 0 Å². The number of rotatable bonds is 6. The zero-order valence-corrected chi connectivity index (χ0v) is 16.1. The minimum atomic E-state index is -0.911. The molecule has 3 aromatic rings. The number of methoxy groups -OCH3 is 3. The third-order valence-corrected chi connectivity index (χ3v) is 4.84. The lowest BCUT2D eigenvalue weighted by atomic mass is 10.0. The maximum Gasteiger partial charge on any atom is 0.307 e. The first-order valence-electron chi connectivity index (χ1n) is 7.80. The molecule has 7 heteroatoms. The van der Waals surface area contributed by atoms with Gasteiger partial charge in [0.2, 0.25) is 0 Å². The number of hydrogen-bond acceptors (Lipinski definition) is 4. The molecule has 0 saturated carbocycles. The van der Waals surface area contributed by atoms with Crippen LogP contribution in [0.1, 0.15) is 5.56 Å². The van der Waals surface area contributed by atoms with E-state index in [1.807, 2.05) is 24.3 Å². The Morgan fingerprint density at radius 3 is 2.38 bits per heavy atom.